The third kappa shape index (κ3) is 1.99. The number of carbonyl (C=O) groups is 1. The molecule has 0 bridgehead atoms. The van der Waals surface area contributed by atoms with Crippen molar-refractivity contribution in [1.29, 1.82) is 0 Å². The number of carbonyl (C=O) groups excluding carboxylic acids is 1. The second-order valence-electron chi connectivity index (χ2n) is 4.13. The molecule has 0 radical (unpaired) electrons. The molecule has 0 unspecified atom stereocenters. The summed E-state index contributed by atoms with van der Waals surface area (Å²) in [6, 6.07) is 4.51. The smallest absolute Gasteiger partial charge is 0.244 e. The number of nitrogens with two attached hydrogens (primary N) is 1. The number of benzene rings is 1. The maximum atomic E-state index is 11.8. The monoisotopic (exact) mass is 240 g/mol. The third-order valence-corrected chi connectivity index (χ3v) is 3.21. The Balaban J connectivity index is 2.09. The van der Waals surface area contributed by atoms with Gasteiger partial charge in [-0.1, -0.05) is 11.6 Å². The highest BCUT2D eigenvalue weighted by Gasteiger charge is 2.40. The van der Waals surface area contributed by atoms with Crippen LogP contribution in [0.2, 0.25) is 5.02 Å². The van der Waals surface area contributed by atoms with Gasteiger partial charge in [0.1, 0.15) is 5.75 Å². The van der Waals surface area contributed by atoms with Crippen LogP contribution in [0.1, 0.15) is 19.3 Å². The molecule has 0 heterocycles. The minimum absolute atomic E-state index is 0.00854. The van der Waals surface area contributed by atoms with Gasteiger partial charge in [0.25, 0.3) is 0 Å². The van der Waals surface area contributed by atoms with E-state index in [0.29, 0.717) is 18.5 Å². The lowest BCUT2D eigenvalue weighted by Crippen LogP contribution is -2.56. The molecule has 1 aliphatic rings. The van der Waals surface area contributed by atoms with Gasteiger partial charge in [0.2, 0.25) is 5.91 Å². The highest BCUT2D eigenvalue weighted by molar-refractivity contribution is 6.32. The lowest BCUT2D eigenvalue weighted by Gasteiger charge is -2.36. The highest BCUT2D eigenvalue weighted by atomic mass is 35.5. The lowest BCUT2D eigenvalue weighted by molar-refractivity contribution is -0.123. The number of phenolic OH excluding ortho intramolecular Hbond substituents is 1. The van der Waals surface area contributed by atoms with Gasteiger partial charge >= 0.3 is 0 Å². The SMILES string of the molecule is NC1(C(=O)Nc2ccc(O)c(Cl)c2)CCC1. The zero-order valence-electron chi connectivity index (χ0n) is 8.66. The molecular formula is C11H13ClN2O2. The average molecular weight is 241 g/mol. The van der Waals surface area contributed by atoms with Crippen LogP contribution >= 0.6 is 11.6 Å². The second kappa shape index (κ2) is 3.96. The molecule has 0 saturated heterocycles. The van der Waals surface area contributed by atoms with E-state index in [0.717, 1.165) is 6.42 Å². The molecule has 1 amide bonds. The van der Waals surface area contributed by atoms with Gasteiger partial charge in [-0.15, -0.1) is 0 Å². The van der Waals surface area contributed by atoms with Gasteiger partial charge in [0.05, 0.1) is 10.6 Å². The van der Waals surface area contributed by atoms with Crippen molar-refractivity contribution in [2.45, 2.75) is 24.8 Å². The first kappa shape index (κ1) is 11.2. The summed E-state index contributed by atoms with van der Waals surface area (Å²) in [5, 5.41) is 12.1. The molecule has 1 saturated carbocycles. The molecule has 5 heteroatoms. The van der Waals surface area contributed by atoms with Crippen molar-refractivity contribution >= 4 is 23.2 Å². The Morgan fingerprint density at radius 2 is 2.19 bits per heavy atom. The summed E-state index contributed by atoms with van der Waals surface area (Å²) in [5.74, 6) is -0.203. The minimum atomic E-state index is -0.732. The molecule has 0 atom stereocenters. The summed E-state index contributed by atoms with van der Waals surface area (Å²) in [7, 11) is 0. The molecule has 2 rings (SSSR count). The Kier molecular flexibility index (Phi) is 2.78. The molecule has 1 aromatic rings. The van der Waals surface area contributed by atoms with E-state index < -0.39 is 5.54 Å². The van der Waals surface area contributed by atoms with E-state index in [9.17, 15) is 9.90 Å². The van der Waals surface area contributed by atoms with Gasteiger partial charge in [-0.05, 0) is 37.5 Å². The maximum absolute atomic E-state index is 11.8. The molecule has 1 aromatic carbocycles. The van der Waals surface area contributed by atoms with Crippen molar-refractivity contribution in [2.24, 2.45) is 5.73 Å². The Hall–Kier alpha value is -1.26. The van der Waals surface area contributed by atoms with Gasteiger partial charge in [0, 0.05) is 5.69 Å². The molecule has 1 aliphatic carbocycles. The number of rotatable bonds is 2. The van der Waals surface area contributed by atoms with Gasteiger partial charge in [0.15, 0.2) is 0 Å². The van der Waals surface area contributed by atoms with Crippen molar-refractivity contribution in [3.8, 4) is 5.75 Å². The van der Waals surface area contributed by atoms with Gasteiger partial charge < -0.3 is 16.2 Å². The summed E-state index contributed by atoms with van der Waals surface area (Å²) < 4.78 is 0. The van der Waals surface area contributed by atoms with Crippen LogP contribution in [0.25, 0.3) is 0 Å². The van der Waals surface area contributed by atoms with Crippen LogP contribution in [-0.2, 0) is 4.79 Å². The van der Waals surface area contributed by atoms with Crippen LogP contribution < -0.4 is 11.1 Å². The summed E-state index contributed by atoms with van der Waals surface area (Å²) >= 11 is 5.73. The first-order valence-electron chi connectivity index (χ1n) is 5.10. The zero-order valence-corrected chi connectivity index (χ0v) is 9.42. The van der Waals surface area contributed by atoms with Crippen molar-refractivity contribution in [3.05, 3.63) is 23.2 Å². The van der Waals surface area contributed by atoms with Gasteiger partial charge in [-0.2, -0.15) is 0 Å². The van der Waals surface area contributed by atoms with Crippen LogP contribution in [0, 0.1) is 0 Å². The molecule has 16 heavy (non-hydrogen) atoms. The largest absolute Gasteiger partial charge is 0.506 e. The Bertz CT molecular complexity index is 430. The number of anilines is 1. The summed E-state index contributed by atoms with van der Waals surface area (Å²) in [6.45, 7) is 0. The number of halogens is 1. The number of amides is 1. The molecule has 0 aromatic heterocycles. The van der Waals surface area contributed by atoms with Crippen LogP contribution in [-0.4, -0.2) is 16.6 Å². The standard InChI is InChI=1S/C11H13ClN2O2/c12-8-6-7(2-3-9(8)15)14-10(16)11(13)4-1-5-11/h2-3,6,15H,1,4-5,13H2,(H,14,16). The molecule has 4 N–H and O–H groups in total. The normalized spacial score (nSPS) is 17.6. The van der Waals surface area contributed by atoms with Crippen molar-refractivity contribution < 1.29 is 9.90 Å². The number of phenols is 1. The molecule has 0 spiro atoms. The first-order chi connectivity index (χ1) is 7.51. The Morgan fingerprint density at radius 3 is 2.69 bits per heavy atom. The van der Waals surface area contributed by atoms with Crippen molar-refractivity contribution in [1.82, 2.24) is 0 Å². The van der Waals surface area contributed by atoms with Crippen molar-refractivity contribution in [2.75, 3.05) is 5.32 Å². The van der Waals surface area contributed by atoms with Crippen LogP contribution in [0.4, 0.5) is 5.69 Å². The Labute approximate surface area is 98.4 Å². The first-order valence-corrected chi connectivity index (χ1v) is 5.48. The number of hydrogen-bond donors (Lipinski definition) is 3. The predicted molar refractivity (Wildman–Crippen MR) is 62.5 cm³/mol. The summed E-state index contributed by atoms with van der Waals surface area (Å²) in [4.78, 5) is 11.8. The summed E-state index contributed by atoms with van der Waals surface area (Å²) in [6.07, 6.45) is 2.41. The molecule has 0 aliphatic heterocycles. The van der Waals surface area contributed by atoms with Crippen LogP contribution in [0.3, 0.4) is 0 Å². The van der Waals surface area contributed by atoms with E-state index in [2.05, 4.69) is 5.32 Å². The molecular weight excluding hydrogens is 228 g/mol. The van der Waals surface area contributed by atoms with Crippen molar-refractivity contribution in [3.63, 3.8) is 0 Å². The zero-order chi connectivity index (χ0) is 11.8. The maximum Gasteiger partial charge on any atom is 0.244 e. The predicted octanol–water partition coefficient (Wildman–Crippen LogP) is 1.87. The van der Waals surface area contributed by atoms with Crippen LogP contribution in [0.15, 0.2) is 18.2 Å². The van der Waals surface area contributed by atoms with E-state index >= 15 is 0 Å². The fraction of sp³-hybridized carbons (Fsp3) is 0.364. The quantitative estimate of drug-likeness (QED) is 0.691. The van der Waals surface area contributed by atoms with Crippen LogP contribution in [0.5, 0.6) is 5.75 Å². The number of nitrogens with one attached hydrogen (secondary N) is 1. The molecule has 1 fully saturated rings. The highest BCUT2D eigenvalue weighted by Crippen LogP contribution is 2.31. The fourth-order valence-corrected chi connectivity index (χ4v) is 1.81. The fourth-order valence-electron chi connectivity index (χ4n) is 1.62. The van der Waals surface area contributed by atoms with E-state index in [-0.39, 0.29) is 16.7 Å². The number of aromatic hydroxyl groups is 1. The third-order valence-electron chi connectivity index (χ3n) is 2.90. The number of hydrogen-bond acceptors (Lipinski definition) is 3. The van der Waals surface area contributed by atoms with E-state index in [1.807, 2.05) is 0 Å². The minimum Gasteiger partial charge on any atom is -0.506 e. The molecule has 4 nitrogen and oxygen atoms in total. The topological polar surface area (TPSA) is 75.4 Å². The Morgan fingerprint density at radius 1 is 1.50 bits per heavy atom. The van der Waals surface area contributed by atoms with E-state index in [4.69, 9.17) is 17.3 Å². The second-order valence-corrected chi connectivity index (χ2v) is 4.54. The average Bonchev–Trinajstić information content (AvgIpc) is 2.20. The molecule has 86 valence electrons. The van der Waals surface area contributed by atoms with E-state index in [1.165, 1.54) is 12.1 Å². The van der Waals surface area contributed by atoms with E-state index in [1.54, 1.807) is 6.07 Å². The lowest BCUT2D eigenvalue weighted by atomic mass is 9.77. The van der Waals surface area contributed by atoms with Gasteiger partial charge in [-0.25, -0.2) is 0 Å². The summed E-state index contributed by atoms with van der Waals surface area (Å²) in [5.41, 5.74) is 5.68. The van der Waals surface area contributed by atoms with Gasteiger partial charge in [-0.3, -0.25) is 4.79 Å².